The molecule has 19 heavy (non-hydrogen) atoms. The highest BCUT2D eigenvalue weighted by molar-refractivity contribution is 5.36. The van der Waals surface area contributed by atoms with Crippen LogP contribution in [-0.2, 0) is 5.41 Å². The summed E-state index contributed by atoms with van der Waals surface area (Å²) in [4.78, 5) is 0. The van der Waals surface area contributed by atoms with Crippen LogP contribution in [0.1, 0.15) is 42.9 Å². The van der Waals surface area contributed by atoms with Crippen LogP contribution in [0.25, 0.3) is 0 Å². The predicted octanol–water partition coefficient (Wildman–Crippen LogP) is 3.97. The van der Waals surface area contributed by atoms with Crippen molar-refractivity contribution in [3.8, 4) is 0 Å². The predicted molar refractivity (Wildman–Crippen MR) is 77.2 cm³/mol. The standard InChI is InChI=1S/C17H21NO/c1-3-18-16(15-10-9-13(2)19-15)17(11-12-17)14-7-5-4-6-8-14/h4-10,16,18H,3,11-12H2,1-2H3. The van der Waals surface area contributed by atoms with E-state index in [1.54, 1.807) is 0 Å². The fraction of sp³-hybridized carbons (Fsp3) is 0.412. The number of rotatable bonds is 5. The first kappa shape index (κ1) is 12.5. The van der Waals surface area contributed by atoms with E-state index < -0.39 is 0 Å². The Labute approximate surface area is 114 Å². The number of hydrogen-bond acceptors (Lipinski definition) is 2. The number of benzene rings is 1. The van der Waals surface area contributed by atoms with E-state index in [0.29, 0.717) is 0 Å². The first-order chi connectivity index (χ1) is 9.26. The van der Waals surface area contributed by atoms with Crippen LogP contribution in [0.4, 0.5) is 0 Å². The largest absolute Gasteiger partial charge is 0.465 e. The Hall–Kier alpha value is -1.54. The van der Waals surface area contributed by atoms with Crippen molar-refractivity contribution in [3.63, 3.8) is 0 Å². The molecule has 0 saturated heterocycles. The summed E-state index contributed by atoms with van der Waals surface area (Å²) < 4.78 is 5.88. The van der Waals surface area contributed by atoms with Gasteiger partial charge in [0.2, 0.25) is 0 Å². The highest BCUT2D eigenvalue weighted by atomic mass is 16.3. The zero-order valence-electron chi connectivity index (χ0n) is 11.6. The van der Waals surface area contributed by atoms with Crippen molar-refractivity contribution in [1.82, 2.24) is 5.32 Å². The van der Waals surface area contributed by atoms with E-state index >= 15 is 0 Å². The minimum absolute atomic E-state index is 0.224. The number of aryl methyl sites for hydroxylation is 1. The highest BCUT2D eigenvalue weighted by Crippen LogP contribution is 2.56. The summed E-state index contributed by atoms with van der Waals surface area (Å²) >= 11 is 0. The molecule has 1 aliphatic carbocycles. The van der Waals surface area contributed by atoms with Gasteiger partial charge in [0.05, 0.1) is 6.04 Å². The molecule has 1 heterocycles. The van der Waals surface area contributed by atoms with Crippen LogP contribution in [0.15, 0.2) is 46.9 Å². The average Bonchev–Trinajstić information content (AvgIpc) is 3.14. The van der Waals surface area contributed by atoms with E-state index in [4.69, 9.17) is 4.42 Å². The van der Waals surface area contributed by atoms with Gasteiger partial charge in [-0.15, -0.1) is 0 Å². The van der Waals surface area contributed by atoms with Crippen molar-refractivity contribution in [2.75, 3.05) is 6.54 Å². The van der Waals surface area contributed by atoms with Crippen molar-refractivity contribution >= 4 is 0 Å². The van der Waals surface area contributed by atoms with Crippen molar-refractivity contribution in [3.05, 3.63) is 59.5 Å². The van der Waals surface area contributed by atoms with E-state index in [1.165, 1.54) is 18.4 Å². The van der Waals surface area contributed by atoms with Crippen molar-refractivity contribution in [2.24, 2.45) is 0 Å². The average molecular weight is 255 g/mol. The highest BCUT2D eigenvalue weighted by Gasteiger charge is 2.52. The molecular weight excluding hydrogens is 234 g/mol. The summed E-state index contributed by atoms with van der Waals surface area (Å²) in [5.41, 5.74) is 1.65. The summed E-state index contributed by atoms with van der Waals surface area (Å²) in [5, 5.41) is 3.62. The third-order valence-electron chi connectivity index (χ3n) is 4.14. The maximum Gasteiger partial charge on any atom is 0.121 e. The number of likely N-dealkylation sites (N-methyl/N-ethyl adjacent to an activating group) is 1. The maximum atomic E-state index is 5.88. The monoisotopic (exact) mass is 255 g/mol. The van der Waals surface area contributed by atoms with Gasteiger partial charge in [0.25, 0.3) is 0 Å². The SMILES string of the molecule is CCNC(c1ccc(C)o1)C1(c2ccccc2)CC1. The molecule has 100 valence electrons. The first-order valence-corrected chi connectivity index (χ1v) is 7.11. The lowest BCUT2D eigenvalue weighted by Gasteiger charge is -2.26. The third-order valence-corrected chi connectivity index (χ3v) is 4.14. The molecule has 0 spiro atoms. The molecule has 0 bridgehead atoms. The Kier molecular flexibility index (Phi) is 3.19. The molecule has 1 N–H and O–H groups in total. The lowest BCUT2D eigenvalue weighted by Crippen LogP contribution is -2.31. The molecule has 1 atom stereocenters. The molecule has 1 fully saturated rings. The van der Waals surface area contributed by atoms with Crippen LogP contribution in [0.2, 0.25) is 0 Å². The molecule has 0 radical (unpaired) electrons. The van der Waals surface area contributed by atoms with Crippen LogP contribution < -0.4 is 5.32 Å². The number of furan rings is 1. The summed E-state index contributed by atoms with van der Waals surface area (Å²) in [6, 6.07) is 15.3. The minimum atomic E-state index is 0.224. The van der Waals surface area contributed by atoms with Gasteiger partial charge in [-0.3, -0.25) is 0 Å². The minimum Gasteiger partial charge on any atom is -0.465 e. The lowest BCUT2D eigenvalue weighted by molar-refractivity contribution is 0.350. The first-order valence-electron chi connectivity index (χ1n) is 7.11. The van der Waals surface area contributed by atoms with Crippen molar-refractivity contribution < 1.29 is 4.42 Å². The summed E-state index contributed by atoms with van der Waals surface area (Å²) in [6.45, 7) is 5.12. The second-order valence-corrected chi connectivity index (χ2v) is 5.46. The molecule has 3 rings (SSSR count). The second kappa shape index (κ2) is 4.86. The van der Waals surface area contributed by atoms with Crippen LogP contribution in [0.5, 0.6) is 0 Å². The molecule has 1 unspecified atom stereocenters. The van der Waals surface area contributed by atoms with Crippen molar-refractivity contribution in [1.29, 1.82) is 0 Å². The fourth-order valence-electron chi connectivity index (χ4n) is 3.03. The maximum absolute atomic E-state index is 5.88. The fourth-order valence-corrected chi connectivity index (χ4v) is 3.03. The molecule has 2 heteroatoms. The summed E-state index contributed by atoms with van der Waals surface area (Å²) in [5.74, 6) is 2.06. The van der Waals surface area contributed by atoms with Gasteiger partial charge in [-0.05, 0) is 44.0 Å². The number of hydrogen-bond donors (Lipinski definition) is 1. The van der Waals surface area contributed by atoms with E-state index in [-0.39, 0.29) is 11.5 Å². The summed E-state index contributed by atoms with van der Waals surface area (Å²) in [6.07, 6.45) is 2.46. The van der Waals surface area contributed by atoms with E-state index in [0.717, 1.165) is 18.1 Å². The van der Waals surface area contributed by atoms with E-state index in [2.05, 4.69) is 54.7 Å². The molecule has 2 aromatic rings. The zero-order valence-corrected chi connectivity index (χ0v) is 11.6. The van der Waals surface area contributed by atoms with Gasteiger partial charge in [-0.25, -0.2) is 0 Å². The Bertz CT molecular complexity index is 539. The van der Waals surface area contributed by atoms with Gasteiger partial charge in [0.15, 0.2) is 0 Å². The smallest absolute Gasteiger partial charge is 0.121 e. The molecule has 1 aromatic carbocycles. The van der Waals surface area contributed by atoms with Gasteiger partial charge in [0.1, 0.15) is 11.5 Å². The Morgan fingerprint density at radius 2 is 1.89 bits per heavy atom. The molecule has 1 saturated carbocycles. The molecule has 1 aromatic heterocycles. The van der Waals surface area contributed by atoms with Gasteiger partial charge < -0.3 is 9.73 Å². The van der Waals surface area contributed by atoms with Gasteiger partial charge in [0, 0.05) is 5.41 Å². The summed E-state index contributed by atoms with van der Waals surface area (Å²) in [7, 11) is 0. The molecular formula is C17H21NO. The Morgan fingerprint density at radius 3 is 2.42 bits per heavy atom. The molecule has 1 aliphatic rings. The lowest BCUT2D eigenvalue weighted by atomic mass is 9.86. The number of nitrogens with one attached hydrogen (secondary N) is 1. The van der Waals surface area contributed by atoms with Gasteiger partial charge in [-0.1, -0.05) is 37.3 Å². The van der Waals surface area contributed by atoms with E-state index in [1.807, 2.05) is 6.92 Å². The molecule has 0 amide bonds. The zero-order chi connectivity index (χ0) is 13.3. The van der Waals surface area contributed by atoms with E-state index in [9.17, 15) is 0 Å². The topological polar surface area (TPSA) is 25.2 Å². The quantitative estimate of drug-likeness (QED) is 0.874. The van der Waals surface area contributed by atoms with Crippen molar-refractivity contribution in [2.45, 2.75) is 38.1 Å². The normalized spacial score (nSPS) is 18.2. The van der Waals surface area contributed by atoms with Crippen LogP contribution in [0.3, 0.4) is 0 Å². The third kappa shape index (κ3) is 2.21. The molecule has 2 nitrogen and oxygen atoms in total. The van der Waals surface area contributed by atoms with Crippen LogP contribution in [-0.4, -0.2) is 6.54 Å². The Balaban J connectivity index is 1.96. The van der Waals surface area contributed by atoms with Crippen LogP contribution >= 0.6 is 0 Å². The Morgan fingerprint density at radius 1 is 1.16 bits per heavy atom. The van der Waals surface area contributed by atoms with Gasteiger partial charge in [-0.2, -0.15) is 0 Å². The second-order valence-electron chi connectivity index (χ2n) is 5.46. The van der Waals surface area contributed by atoms with Crippen LogP contribution in [0, 0.1) is 6.92 Å². The molecule has 0 aliphatic heterocycles. The van der Waals surface area contributed by atoms with Gasteiger partial charge >= 0.3 is 0 Å².